The fraction of sp³-hybridized carbons (Fsp3) is 0. The second kappa shape index (κ2) is 4.07. The fourth-order valence-electron chi connectivity index (χ4n) is 0. The van der Waals surface area contributed by atoms with Crippen LogP contribution in [0, 0.1) is 0 Å². The van der Waals surface area contributed by atoms with Gasteiger partial charge in [-0.3, -0.25) is 12.9 Å². The summed E-state index contributed by atoms with van der Waals surface area (Å²) in [6, 6.07) is 0. The van der Waals surface area contributed by atoms with Gasteiger partial charge in [0.1, 0.15) is 0 Å². The van der Waals surface area contributed by atoms with E-state index in [0.29, 0.717) is 0 Å². The summed E-state index contributed by atoms with van der Waals surface area (Å²) in [4.78, 5) is 0. The molecule has 0 aromatic rings. The van der Waals surface area contributed by atoms with Gasteiger partial charge in [0.15, 0.2) is 0 Å². The normalized spacial score (nSPS) is 5.40. The van der Waals surface area contributed by atoms with Gasteiger partial charge < -0.3 is 0 Å². The number of halogens is 3. The molecule has 0 N–H and O–H groups in total. The standard InChI is InChI=1S/BF3.Si/c2-1(3)4;. The molecule has 0 saturated heterocycles. The van der Waals surface area contributed by atoms with E-state index in [0.717, 1.165) is 0 Å². The van der Waals surface area contributed by atoms with E-state index in [1.165, 1.54) is 0 Å². The summed E-state index contributed by atoms with van der Waals surface area (Å²) in [5.41, 5.74) is 0. The lowest BCUT2D eigenvalue weighted by Crippen LogP contribution is -1.76. The topological polar surface area (TPSA) is 0 Å². The van der Waals surface area contributed by atoms with Crippen molar-refractivity contribution in [2.45, 2.75) is 0 Å². The molecule has 0 bridgehead atoms. The van der Waals surface area contributed by atoms with E-state index in [-0.39, 0.29) is 11.0 Å². The average Bonchev–Trinajstić information content (AvgIpc) is 0.811. The third-order valence-electron chi connectivity index (χ3n) is 0. The number of hydrogen-bond acceptors (Lipinski definition) is 0. The van der Waals surface area contributed by atoms with Crippen LogP contribution in [-0.4, -0.2) is 18.5 Å². The van der Waals surface area contributed by atoms with Gasteiger partial charge in [-0.2, -0.15) is 0 Å². The number of rotatable bonds is 0. The van der Waals surface area contributed by atoms with Gasteiger partial charge in [0.25, 0.3) is 0 Å². The van der Waals surface area contributed by atoms with Gasteiger partial charge in [-0.25, -0.2) is 0 Å². The molecule has 0 aliphatic carbocycles. The third kappa shape index (κ3) is 3390. The molecule has 0 fully saturated rings. The van der Waals surface area contributed by atoms with Gasteiger partial charge in [-0.1, -0.05) is 0 Å². The predicted molar refractivity (Wildman–Crippen MR) is 14.8 cm³/mol. The molecule has 0 atom stereocenters. The third-order valence-corrected chi connectivity index (χ3v) is 0. The minimum atomic E-state index is -3.67. The maximum Gasteiger partial charge on any atom is 0.762 e. The SMILES string of the molecule is FB(F)F.[Si]. The summed E-state index contributed by atoms with van der Waals surface area (Å²) >= 11 is 0. The van der Waals surface area contributed by atoms with E-state index in [1.807, 2.05) is 0 Å². The van der Waals surface area contributed by atoms with Gasteiger partial charge >= 0.3 is 7.54 Å². The van der Waals surface area contributed by atoms with E-state index in [2.05, 4.69) is 0 Å². The summed E-state index contributed by atoms with van der Waals surface area (Å²) in [7, 11) is -3.67. The summed E-state index contributed by atoms with van der Waals surface area (Å²) in [5, 5.41) is 0. The lowest BCUT2D eigenvalue weighted by molar-refractivity contribution is 0.535. The summed E-state index contributed by atoms with van der Waals surface area (Å²) in [6.45, 7) is 0. The lowest BCUT2D eigenvalue weighted by atomic mass is 10.5. The van der Waals surface area contributed by atoms with Gasteiger partial charge in [0.05, 0.1) is 0 Å². The van der Waals surface area contributed by atoms with Crippen molar-refractivity contribution in [1.82, 2.24) is 0 Å². The smallest absolute Gasteiger partial charge is 0.254 e. The van der Waals surface area contributed by atoms with Gasteiger partial charge in [-0.15, -0.1) is 0 Å². The quantitative estimate of drug-likeness (QED) is 0.385. The van der Waals surface area contributed by atoms with Gasteiger partial charge in [-0.05, 0) is 0 Å². The molecular weight excluding hydrogens is 95.9 g/mol. The largest absolute Gasteiger partial charge is 0.762 e. The van der Waals surface area contributed by atoms with Crippen molar-refractivity contribution in [1.29, 1.82) is 0 Å². The maximum absolute atomic E-state index is 9.67. The minimum absolute atomic E-state index is 0. The second-order valence-electron chi connectivity index (χ2n) is 0.247. The van der Waals surface area contributed by atoms with Crippen LogP contribution < -0.4 is 0 Å². The van der Waals surface area contributed by atoms with Gasteiger partial charge in [0, 0.05) is 11.0 Å². The predicted octanol–water partition coefficient (Wildman–Crippen LogP) is 0.499. The first-order chi connectivity index (χ1) is 1.73. The van der Waals surface area contributed by atoms with E-state index in [9.17, 15) is 12.9 Å². The molecule has 0 nitrogen and oxygen atoms in total. The van der Waals surface area contributed by atoms with Crippen LogP contribution in [0.2, 0.25) is 0 Å². The zero-order valence-electron chi connectivity index (χ0n) is 2.21. The highest BCUT2D eigenvalue weighted by Gasteiger charge is 2.06. The highest BCUT2D eigenvalue weighted by molar-refractivity contribution is 6.33. The van der Waals surface area contributed by atoms with Crippen LogP contribution in [0.1, 0.15) is 0 Å². The fourth-order valence-corrected chi connectivity index (χ4v) is 0. The molecule has 0 aromatic heterocycles. The first-order valence-electron chi connectivity index (χ1n) is 0.655. The van der Waals surface area contributed by atoms with Crippen molar-refractivity contribution in [2.75, 3.05) is 0 Å². The molecule has 0 aromatic carbocycles. The van der Waals surface area contributed by atoms with Gasteiger partial charge in [0.2, 0.25) is 0 Å². The molecule has 5 heavy (non-hydrogen) atoms. The van der Waals surface area contributed by atoms with Crippen molar-refractivity contribution in [2.24, 2.45) is 0 Å². The molecule has 0 saturated carbocycles. The van der Waals surface area contributed by atoms with Crippen LogP contribution >= 0.6 is 0 Å². The number of hydrogen-bond donors (Lipinski definition) is 0. The lowest BCUT2D eigenvalue weighted by Gasteiger charge is -1.55. The second-order valence-corrected chi connectivity index (χ2v) is 0.247. The zero-order chi connectivity index (χ0) is 3.58. The van der Waals surface area contributed by atoms with E-state index < -0.39 is 7.54 Å². The van der Waals surface area contributed by atoms with Crippen molar-refractivity contribution in [3.63, 3.8) is 0 Å². The Morgan fingerprint density at radius 2 is 1.00 bits per heavy atom. The Labute approximate surface area is 32.6 Å². The zero-order valence-corrected chi connectivity index (χ0v) is 3.21. The first kappa shape index (κ1) is 8.91. The maximum atomic E-state index is 9.67. The average molecular weight is 95.9 g/mol. The Hall–Kier alpha value is 0.0718. The van der Waals surface area contributed by atoms with Crippen LogP contribution in [0.15, 0.2) is 0 Å². The van der Waals surface area contributed by atoms with Crippen LogP contribution in [0.25, 0.3) is 0 Å². The minimum Gasteiger partial charge on any atom is -0.254 e. The van der Waals surface area contributed by atoms with E-state index in [1.54, 1.807) is 0 Å². The molecule has 0 rings (SSSR count). The van der Waals surface area contributed by atoms with Crippen LogP contribution in [0.5, 0.6) is 0 Å². The van der Waals surface area contributed by atoms with Crippen LogP contribution in [-0.2, 0) is 0 Å². The molecule has 4 radical (unpaired) electrons. The van der Waals surface area contributed by atoms with E-state index in [4.69, 9.17) is 0 Å². The Bertz CT molecular complexity index is 11.6. The molecule has 0 amide bonds. The molecular formula is BF3Si. The molecule has 0 heterocycles. The first-order valence-corrected chi connectivity index (χ1v) is 0.655. The van der Waals surface area contributed by atoms with Crippen molar-refractivity contribution in [3.05, 3.63) is 0 Å². The molecule has 0 unspecified atom stereocenters. The Morgan fingerprint density at radius 1 is 1.00 bits per heavy atom. The van der Waals surface area contributed by atoms with Crippen molar-refractivity contribution in [3.8, 4) is 0 Å². The Kier molecular flexibility index (Phi) is 7.26. The Morgan fingerprint density at radius 3 is 1.00 bits per heavy atom. The summed E-state index contributed by atoms with van der Waals surface area (Å²) < 4.78 is 29.0. The molecule has 28 valence electrons. The van der Waals surface area contributed by atoms with Crippen LogP contribution in [0.3, 0.4) is 0 Å². The Balaban J connectivity index is 0. The van der Waals surface area contributed by atoms with Crippen LogP contribution in [0.4, 0.5) is 12.9 Å². The summed E-state index contributed by atoms with van der Waals surface area (Å²) in [6.07, 6.45) is 0. The van der Waals surface area contributed by atoms with Crippen molar-refractivity contribution < 1.29 is 12.9 Å². The monoisotopic (exact) mass is 96.0 g/mol. The highest BCUT2D eigenvalue weighted by Crippen LogP contribution is 1.80. The van der Waals surface area contributed by atoms with Crippen molar-refractivity contribution >= 4 is 18.5 Å². The molecule has 0 spiro atoms. The van der Waals surface area contributed by atoms with E-state index >= 15 is 0 Å². The molecule has 0 aliphatic heterocycles. The molecule has 5 heteroatoms. The molecule has 0 aliphatic rings. The summed E-state index contributed by atoms with van der Waals surface area (Å²) in [5.74, 6) is 0. The highest BCUT2D eigenvalue weighted by atomic mass is 28.1.